The first-order chi connectivity index (χ1) is 16.1. The second-order valence-electron chi connectivity index (χ2n) is 7.97. The summed E-state index contributed by atoms with van der Waals surface area (Å²) in [6.45, 7) is 5.25. The first-order valence-corrected chi connectivity index (χ1v) is 11.1. The van der Waals surface area contributed by atoms with E-state index in [0.29, 0.717) is 36.8 Å². The SMILES string of the molecule is COc1cc(C(=O)NCc2ccc(N3CCOC(C)C3)nc2)ccc1OCc1ccccc1. The molecule has 0 saturated carbocycles. The van der Waals surface area contributed by atoms with Crippen LogP contribution in [-0.4, -0.2) is 43.8 Å². The zero-order chi connectivity index (χ0) is 23.0. The number of carbonyl (C=O) groups is 1. The van der Waals surface area contributed by atoms with Gasteiger partial charge in [0.05, 0.1) is 19.8 Å². The summed E-state index contributed by atoms with van der Waals surface area (Å²) in [7, 11) is 1.56. The minimum atomic E-state index is -0.186. The van der Waals surface area contributed by atoms with E-state index in [1.807, 2.05) is 42.5 Å². The Morgan fingerprint density at radius 2 is 1.97 bits per heavy atom. The maximum Gasteiger partial charge on any atom is 0.251 e. The molecule has 3 aromatic rings. The lowest BCUT2D eigenvalue weighted by molar-refractivity contribution is 0.0529. The molecule has 1 unspecified atom stereocenters. The first kappa shape index (κ1) is 22.6. The van der Waals surface area contributed by atoms with Crippen LogP contribution in [0.3, 0.4) is 0 Å². The molecule has 1 fully saturated rings. The third-order valence-corrected chi connectivity index (χ3v) is 5.49. The molecule has 0 radical (unpaired) electrons. The predicted octanol–water partition coefficient (Wildman–Crippen LogP) is 3.82. The number of hydrogen-bond donors (Lipinski definition) is 1. The lowest BCUT2D eigenvalue weighted by Crippen LogP contribution is -2.41. The molecule has 172 valence electrons. The molecule has 0 bridgehead atoms. The van der Waals surface area contributed by atoms with Crippen LogP contribution in [0.5, 0.6) is 11.5 Å². The molecular weight excluding hydrogens is 418 g/mol. The van der Waals surface area contributed by atoms with E-state index in [-0.39, 0.29) is 12.0 Å². The number of nitrogens with zero attached hydrogens (tertiary/aromatic N) is 2. The third kappa shape index (κ3) is 6.02. The summed E-state index contributed by atoms with van der Waals surface area (Å²) in [5.74, 6) is 1.85. The van der Waals surface area contributed by atoms with Crippen molar-refractivity contribution in [3.8, 4) is 11.5 Å². The molecule has 1 saturated heterocycles. The fourth-order valence-corrected chi connectivity index (χ4v) is 3.68. The minimum Gasteiger partial charge on any atom is -0.493 e. The van der Waals surface area contributed by atoms with Crippen LogP contribution in [0.1, 0.15) is 28.4 Å². The van der Waals surface area contributed by atoms with Crippen LogP contribution in [0, 0.1) is 0 Å². The molecule has 1 aromatic heterocycles. The summed E-state index contributed by atoms with van der Waals surface area (Å²) in [5.41, 5.74) is 2.50. The van der Waals surface area contributed by atoms with Crippen molar-refractivity contribution in [3.05, 3.63) is 83.6 Å². The van der Waals surface area contributed by atoms with Crippen LogP contribution in [0.15, 0.2) is 66.9 Å². The van der Waals surface area contributed by atoms with Gasteiger partial charge in [0, 0.05) is 31.4 Å². The first-order valence-electron chi connectivity index (χ1n) is 11.1. The maximum absolute atomic E-state index is 12.7. The van der Waals surface area contributed by atoms with Gasteiger partial charge in [-0.3, -0.25) is 4.79 Å². The van der Waals surface area contributed by atoms with E-state index in [0.717, 1.165) is 30.0 Å². The van der Waals surface area contributed by atoms with Crippen molar-refractivity contribution >= 4 is 11.7 Å². The Balaban J connectivity index is 1.33. The topological polar surface area (TPSA) is 72.9 Å². The molecule has 7 heteroatoms. The Bertz CT molecular complexity index is 1060. The minimum absolute atomic E-state index is 0.186. The van der Waals surface area contributed by atoms with Crippen molar-refractivity contribution in [2.75, 3.05) is 31.7 Å². The van der Waals surface area contributed by atoms with Gasteiger partial charge in [0.1, 0.15) is 12.4 Å². The summed E-state index contributed by atoms with van der Waals surface area (Å²) in [6, 6.07) is 19.1. The number of hydrogen-bond acceptors (Lipinski definition) is 6. The summed E-state index contributed by atoms with van der Waals surface area (Å²) in [4.78, 5) is 19.4. The third-order valence-electron chi connectivity index (χ3n) is 5.49. The van der Waals surface area contributed by atoms with Gasteiger partial charge in [-0.1, -0.05) is 36.4 Å². The van der Waals surface area contributed by atoms with Gasteiger partial charge in [0.15, 0.2) is 11.5 Å². The molecule has 4 rings (SSSR count). The van der Waals surface area contributed by atoms with Crippen LogP contribution in [-0.2, 0) is 17.9 Å². The molecule has 1 N–H and O–H groups in total. The van der Waals surface area contributed by atoms with Crippen molar-refractivity contribution in [2.24, 2.45) is 0 Å². The second kappa shape index (κ2) is 10.8. The molecule has 0 aliphatic carbocycles. The van der Waals surface area contributed by atoms with E-state index in [9.17, 15) is 4.79 Å². The van der Waals surface area contributed by atoms with Gasteiger partial charge in [0.2, 0.25) is 0 Å². The van der Waals surface area contributed by atoms with Gasteiger partial charge < -0.3 is 24.4 Å². The van der Waals surface area contributed by atoms with Gasteiger partial charge in [0.25, 0.3) is 5.91 Å². The van der Waals surface area contributed by atoms with Crippen molar-refractivity contribution in [3.63, 3.8) is 0 Å². The molecule has 33 heavy (non-hydrogen) atoms. The number of pyridine rings is 1. The summed E-state index contributed by atoms with van der Waals surface area (Å²) in [6.07, 6.45) is 2.00. The average molecular weight is 448 g/mol. The van der Waals surface area contributed by atoms with Crippen LogP contribution in [0.25, 0.3) is 0 Å². The lowest BCUT2D eigenvalue weighted by atomic mass is 10.1. The van der Waals surface area contributed by atoms with Gasteiger partial charge in [-0.25, -0.2) is 4.98 Å². The number of methoxy groups -OCH3 is 1. The number of carbonyl (C=O) groups excluding carboxylic acids is 1. The Morgan fingerprint density at radius 3 is 2.70 bits per heavy atom. The average Bonchev–Trinajstić information content (AvgIpc) is 2.87. The van der Waals surface area contributed by atoms with E-state index in [2.05, 4.69) is 22.1 Å². The van der Waals surface area contributed by atoms with Crippen molar-refractivity contribution in [2.45, 2.75) is 26.2 Å². The van der Waals surface area contributed by atoms with Crippen LogP contribution in [0.4, 0.5) is 5.82 Å². The Kier molecular flexibility index (Phi) is 7.42. The van der Waals surface area contributed by atoms with Gasteiger partial charge >= 0.3 is 0 Å². The summed E-state index contributed by atoms with van der Waals surface area (Å²) in [5, 5.41) is 2.94. The Hall–Kier alpha value is -3.58. The summed E-state index contributed by atoms with van der Waals surface area (Å²) >= 11 is 0. The maximum atomic E-state index is 12.7. The van der Waals surface area contributed by atoms with Crippen molar-refractivity contribution in [1.29, 1.82) is 0 Å². The number of nitrogens with one attached hydrogen (secondary N) is 1. The standard InChI is InChI=1S/C26H29N3O4/c1-19-17-29(12-13-32-19)25-11-8-21(15-27-25)16-28-26(30)22-9-10-23(24(14-22)31-2)33-18-20-6-4-3-5-7-20/h3-11,14-15,19H,12-13,16-18H2,1-2H3,(H,28,30). The normalized spacial score (nSPS) is 15.7. The quantitative estimate of drug-likeness (QED) is 0.566. The molecule has 2 heterocycles. The fraction of sp³-hybridized carbons (Fsp3) is 0.308. The highest BCUT2D eigenvalue weighted by Gasteiger charge is 2.18. The number of morpholine rings is 1. The van der Waals surface area contributed by atoms with E-state index in [4.69, 9.17) is 14.2 Å². The zero-order valence-electron chi connectivity index (χ0n) is 19.0. The van der Waals surface area contributed by atoms with Crippen molar-refractivity contribution in [1.82, 2.24) is 10.3 Å². The fourth-order valence-electron chi connectivity index (χ4n) is 3.68. The van der Waals surface area contributed by atoms with Gasteiger partial charge in [-0.05, 0) is 42.3 Å². The molecule has 0 spiro atoms. The largest absolute Gasteiger partial charge is 0.493 e. The van der Waals surface area contributed by atoms with Crippen molar-refractivity contribution < 1.29 is 19.0 Å². The number of benzene rings is 2. The molecule has 1 aliphatic heterocycles. The van der Waals surface area contributed by atoms with Gasteiger partial charge in [-0.15, -0.1) is 0 Å². The number of anilines is 1. The lowest BCUT2D eigenvalue weighted by Gasteiger charge is -2.32. The highest BCUT2D eigenvalue weighted by Crippen LogP contribution is 2.29. The summed E-state index contributed by atoms with van der Waals surface area (Å²) < 4.78 is 16.9. The van der Waals surface area contributed by atoms with Crippen LogP contribution >= 0.6 is 0 Å². The van der Waals surface area contributed by atoms with Crippen LogP contribution < -0.4 is 19.7 Å². The number of ether oxygens (including phenoxy) is 3. The van der Waals surface area contributed by atoms with Crippen LogP contribution in [0.2, 0.25) is 0 Å². The van der Waals surface area contributed by atoms with E-state index >= 15 is 0 Å². The smallest absolute Gasteiger partial charge is 0.251 e. The highest BCUT2D eigenvalue weighted by atomic mass is 16.5. The van der Waals surface area contributed by atoms with E-state index in [1.165, 1.54) is 0 Å². The van der Waals surface area contributed by atoms with E-state index in [1.54, 1.807) is 31.5 Å². The molecule has 7 nitrogen and oxygen atoms in total. The Morgan fingerprint density at radius 1 is 1.12 bits per heavy atom. The molecule has 1 aliphatic rings. The highest BCUT2D eigenvalue weighted by molar-refractivity contribution is 5.94. The number of aromatic nitrogens is 1. The second-order valence-corrected chi connectivity index (χ2v) is 7.97. The molecule has 1 atom stereocenters. The Labute approximate surface area is 194 Å². The number of rotatable bonds is 8. The number of amides is 1. The predicted molar refractivity (Wildman–Crippen MR) is 127 cm³/mol. The monoisotopic (exact) mass is 447 g/mol. The van der Waals surface area contributed by atoms with E-state index < -0.39 is 0 Å². The molecule has 1 amide bonds. The molecular formula is C26H29N3O4. The van der Waals surface area contributed by atoms with Gasteiger partial charge in [-0.2, -0.15) is 0 Å². The molecule has 2 aromatic carbocycles. The zero-order valence-corrected chi connectivity index (χ0v) is 19.0.